The maximum Gasteiger partial charge on any atom is 0.172 e. The molecule has 1 unspecified atom stereocenters. The van der Waals surface area contributed by atoms with Crippen molar-refractivity contribution >= 4 is 28.4 Å². The minimum atomic E-state index is -0.125. The molecule has 1 atom stereocenters. The molecular weight excluding hydrogens is 341 g/mol. The van der Waals surface area contributed by atoms with Crippen molar-refractivity contribution < 1.29 is 4.74 Å². The predicted molar refractivity (Wildman–Crippen MR) is 77.4 cm³/mol. The number of aryl methyl sites for hydroxylation is 1. The second-order valence-electron chi connectivity index (χ2n) is 4.28. The van der Waals surface area contributed by atoms with E-state index in [2.05, 4.69) is 38.6 Å². The molecular formula is C13H12IN3O. The fourth-order valence-corrected chi connectivity index (χ4v) is 2.32. The van der Waals surface area contributed by atoms with E-state index >= 15 is 0 Å². The van der Waals surface area contributed by atoms with E-state index in [1.54, 1.807) is 0 Å². The first kappa shape index (κ1) is 11.7. The van der Waals surface area contributed by atoms with Crippen molar-refractivity contribution in [2.45, 2.75) is 19.4 Å². The Hall–Kier alpha value is -1.37. The Morgan fingerprint density at radius 3 is 2.83 bits per heavy atom. The van der Waals surface area contributed by atoms with Gasteiger partial charge in [-0.1, -0.05) is 18.2 Å². The molecule has 92 valence electrons. The number of benzene rings is 1. The Morgan fingerprint density at radius 2 is 2.11 bits per heavy atom. The molecule has 1 aliphatic heterocycles. The van der Waals surface area contributed by atoms with Gasteiger partial charge in [-0.2, -0.15) is 0 Å². The summed E-state index contributed by atoms with van der Waals surface area (Å²) in [5.74, 6) is 2.11. The Balaban J connectivity index is 1.95. The molecule has 1 aromatic carbocycles. The number of rotatable bonds is 1. The monoisotopic (exact) mass is 353 g/mol. The second-order valence-corrected chi connectivity index (χ2v) is 5.36. The van der Waals surface area contributed by atoms with Crippen molar-refractivity contribution in [1.29, 1.82) is 0 Å². The van der Waals surface area contributed by atoms with E-state index in [9.17, 15) is 0 Å². The van der Waals surface area contributed by atoms with Gasteiger partial charge in [-0.25, -0.2) is 9.97 Å². The van der Waals surface area contributed by atoms with Gasteiger partial charge in [-0.05, 0) is 41.1 Å². The van der Waals surface area contributed by atoms with E-state index in [4.69, 9.17) is 10.5 Å². The molecule has 0 fully saturated rings. The minimum absolute atomic E-state index is 0.125. The molecule has 0 bridgehead atoms. The number of nitrogen functional groups attached to an aromatic ring is 1. The molecule has 2 heterocycles. The van der Waals surface area contributed by atoms with Gasteiger partial charge in [-0.3, -0.25) is 0 Å². The quantitative estimate of drug-likeness (QED) is 0.801. The van der Waals surface area contributed by atoms with Gasteiger partial charge in [-0.15, -0.1) is 0 Å². The SMILES string of the molecule is Cc1nc(C2Cc3ccccc3O2)nc(N)c1I. The molecule has 0 spiro atoms. The zero-order chi connectivity index (χ0) is 12.7. The fraction of sp³-hybridized carbons (Fsp3) is 0.231. The van der Waals surface area contributed by atoms with Gasteiger partial charge in [0, 0.05) is 6.42 Å². The number of nitrogens with two attached hydrogens (primary N) is 1. The summed E-state index contributed by atoms with van der Waals surface area (Å²) >= 11 is 2.16. The molecule has 18 heavy (non-hydrogen) atoms. The highest BCUT2D eigenvalue weighted by atomic mass is 127. The lowest BCUT2D eigenvalue weighted by atomic mass is 10.1. The third kappa shape index (κ3) is 1.92. The molecule has 0 saturated carbocycles. The van der Waals surface area contributed by atoms with Crippen LogP contribution in [0.1, 0.15) is 23.2 Å². The molecule has 2 N–H and O–H groups in total. The van der Waals surface area contributed by atoms with E-state index in [0.29, 0.717) is 11.6 Å². The van der Waals surface area contributed by atoms with Crippen LogP contribution >= 0.6 is 22.6 Å². The zero-order valence-electron chi connectivity index (χ0n) is 9.85. The Morgan fingerprint density at radius 1 is 1.33 bits per heavy atom. The third-order valence-corrected chi connectivity index (χ3v) is 4.33. The van der Waals surface area contributed by atoms with Gasteiger partial charge in [0.1, 0.15) is 11.6 Å². The van der Waals surface area contributed by atoms with Crippen LogP contribution in [-0.2, 0) is 6.42 Å². The van der Waals surface area contributed by atoms with Gasteiger partial charge in [0.15, 0.2) is 11.9 Å². The van der Waals surface area contributed by atoms with E-state index in [0.717, 1.165) is 21.4 Å². The predicted octanol–water partition coefficient (Wildman–Crippen LogP) is 2.65. The van der Waals surface area contributed by atoms with E-state index in [1.807, 2.05) is 25.1 Å². The molecule has 0 radical (unpaired) electrons. The molecule has 0 saturated heterocycles. The summed E-state index contributed by atoms with van der Waals surface area (Å²) in [5.41, 5.74) is 7.98. The smallest absolute Gasteiger partial charge is 0.172 e. The average molecular weight is 353 g/mol. The van der Waals surface area contributed by atoms with Crippen molar-refractivity contribution in [2.24, 2.45) is 0 Å². The van der Waals surface area contributed by atoms with Gasteiger partial charge < -0.3 is 10.5 Å². The van der Waals surface area contributed by atoms with E-state index < -0.39 is 0 Å². The van der Waals surface area contributed by atoms with Crippen molar-refractivity contribution in [3.63, 3.8) is 0 Å². The Labute approximate surface area is 119 Å². The molecule has 0 amide bonds. The number of hydrogen-bond donors (Lipinski definition) is 1. The van der Waals surface area contributed by atoms with Crippen LogP contribution in [0.15, 0.2) is 24.3 Å². The number of aromatic nitrogens is 2. The highest BCUT2D eigenvalue weighted by Gasteiger charge is 2.27. The van der Waals surface area contributed by atoms with Crippen LogP contribution in [0.4, 0.5) is 5.82 Å². The normalized spacial score (nSPS) is 17.3. The molecule has 0 aliphatic carbocycles. The summed E-state index contributed by atoms with van der Waals surface area (Å²) in [6, 6.07) is 8.02. The first-order chi connectivity index (χ1) is 8.65. The number of anilines is 1. The molecule has 2 aromatic rings. The van der Waals surface area contributed by atoms with Crippen LogP contribution in [0.3, 0.4) is 0 Å². The maximum atomic E-state index is 5.88. The number of ether oxygens (including phenoxy) is 1. The van der Waals surface area contributed by atoms with Crippen molar-refractivity contribution in [3.8, 4) is 5.75 Å². The van der Waals surface area contributed by atoms with E-state index in [1.165, 1.54) is 5.56 Å². The number of para-hydroxylation sites is 1. The van der Waals surface area contributed by atoms with Crippen LogP contribution in [0.25, 0.3) is 0 Å². The first-order valence-corrected chi connectivity index (χ1v) is 6.77. The van der Waals surface area contributed by atoms with Gasteiger partial charge in [0.25, 0.3) is 0 Å². The van der Waals surface area contributed by atoms with Gasteiger partial charge >= 0.3 is 0 Å². The molecule has 4 nitrogen and oxygen atoms in total. The molecule has 1 aromatic heterocycles. The summed E-state index contributed by atoms with van der Waals surface area (Å²) in [6.07, 6.45) is 0.677. The Kier molecular flexibility index (Phi) is 2.85. The molecule has 3 rings (SSSR count). The Bertz CT molecular complexity index is 567. The highest BCUT2D eigenvalue weighted by Crippen LogP contribution is 2.35. The number of nitrogens with zero attached hydrogens (tertiary/aromatic N) is 2. The van der Waals surface area contributed by atoms with Crippen molar-refractivity contribution in [2.75, 3.05) is 5.73 Å². The summed E-state index contributed by atoms with van der Waals surface area (Å²) in [5, 5.41) is 0. The minimum Gasteiger partial charge on any atom is -0.482 e. The summed E-state index contributed by atoms with van der Waals surface area (Å²) < 4.78 is 6.77. The van der Waals surface area contributed by atoms with Crippen LogP contribution in [0, 0.1) is 10.5 Å². The second kappa shape index (κ2) is 4.38. The highest BCUT2D eigenvalue weighted by molar-refractivity contribution is 14.1. The van der Waals surface area contributed by atoms with E-state index in [-0.39, 0.29) is 6.10 Å². The van der Waals surface area contributed by atoms with Crippen molar-refractivity contribution in [3.05, 3.63) is 44.9 Å². The molecule has 5 heteroatoms. The number of halogens is 1. The van der Waals surface area contributed by atoms with Crippen LogP contribution < -0.4 is 10.5 Å². The average Bonchev–Trinajstić information content (AvgIpc) is 2.79. The first-order valence-electron chi connectivity index (χ1n) is 5.69. The summed E-state index contributed by atoms with van der Waals surface area (Å²) in [7, 11) is 0. The lowest BCUT2D eigenvalue weighted by Gasteiger charge is -2.11. The topological polar surface area (TPSA) is 61.0 Å². The van der Waals surface area contributed by atoms with Crippen LogP contribution in [-0.4, -0.2) is 9.97 Å². The lowest BCUT2D eigenvalue weighted by molar-refractivity contribution is 0.227. The van der Waals surface area contributed by atoms with Crippen LogP contribution in [0.5, 0.6) is 5.75 Å². The standard InChI is InChI=1S/C13H12IN3O/c1-7-11(14)12(15)17-13(16-7)10-6-8-4-2-3-5-9(8)18-10/h2-5,10H,6H2,1H3,(H2,15,16,17). The number of hydrogen-bond acceptors (Lipinski definition) is 4. The third-order valence-electron chi connectivity index (χ3n) is 2.99. The fourth-order valence-electron chi connectivity index (χ4n) is 2.07. The summed E-state index contributed by atoms with van der Waals surface area (Å²) in [4.78, 5) is 8.81. The number of fused-ring (bicyclic) bond motifs is 1. The summed E-state index contributed by atoms with van der Waals surface area (Å²) in [6.45, 7) is 1.94. The maximum absolute atomic E-state index is 5.88. The lowest BCUT2D eigenvalue weighted by Crippen LogP contribution is -2.12. The van der Waals surface area contributed by atoms with Crippen molar-refractivity contribution in [1.82, 2.24) is 9.97 Å². The largest absolute Gasteiger partial charge is 0.482 e. The van der Waals surface area contributed by atoms with Gasteiger partial charge in [0.05, 0.1) is 9.26 Å². The van der Waals surface area contributed by atoms with Gasteiger partial charge in [0.2, 0.25) is 0 Å². The van der Waals surface area contributed by atoms with Crippen LogP contribution in [0.2, 0.25) is 0 Å². The zero-order valence-corrected chi connectivity index (χ0v) is 12.0. The molecule has 1 aliphatic rings.